The Morgan fingerprint density at radius 2 is 2.33 bits per heavy atom. The molecule has 1 fully saturated rings. The average molecular weight is 267 g/mol. The Bertz CT molecular complexity index is 385. The van der Waals surface area contributed by atoms with Gasteiger partial charge in [-0.25, -0.2) is 4.98 Å². The number of amides is 1. The van der Waals surface area contributed by atoms with E-state index in [-0.39, 0.29) is 5.91 Å². The van der Waals surface area contributed by atoms with Crippen LogP contribution in [0.1, 0.15) is 36.4 Å². The summed E-state index contributed by atoms with van der Waals surface area (Å²) in [5.41, 5.74) is 1.03. The molecule has 0 aliphatic carbocycles. The van der Waals surface area contributed by atoms with Crippen LogP contribution >= 0.6 is 11.3 Å². The molecule has 1 saturated heterocycles. The van der Waals surface area contributed by atoms with Crippen molar-refractivity contribution in [3.63, 3.8) is 0 Å². The van der Waals surface area contributed by atoms with Crippen LogP contribution in [0.2, 0.25) is 0 Å². The van der Waals surface area contributed by atoms with Crippen LogP contribution in [0, 0.1) is 12.8 Å². The molecule has 18 heavy (non-hydrogen) atoms. The summed E-state index contributed by atoms with van der Waals surface area (Å²) in [6, 6.07) is 0. The van der Waals surface area contributed by atoms with Gasteiger partial charge in [0.25, 0.3) is 0 Å². The fraction of sp³-hybridized carbons (Fsp3) is 0.692. The Hall–Kier alpha value is -0.940. The third-order valence-electron chi connectivity index (χ3n) is 3.34. The average Bonchev–Trinajstić information content (AvgIpc) is 2.81. The molecule has 0 bridgehead atoms. The second-order valence-corrected chi connectivity index (χ2v) is 5.83. The lowest BCUT2D eigenvalue weighted by Crippen LogP contribution is -2.29. The number of carbonyl (C=O) groups excluding carboxylic acids is 1. The van der Waals surface area contributed by atoms with Gasteiger partial charge in [0.05, 0.1) is 6.54 Å². The number of piperidine rings is 1. The standard InChI is InChI=1S/C13H21N3OS/c1-10-9-18-13(16-10)8-15-12(17)3-2-11-4-6-14-7-5-11/h9,11,14H,2-8H2,1H3,(H,15,17). The normalized spacial score (nSPS) is 16.7. The number of nitrogens with zero attached hydrogens (tertiary/aromatic N) is 1. The SMILES string of the molecule is Cc1csc(CNC(=O)CCC2CCNCC2)n1. The van der Waals surface area contributed by atoms with Crippen molar-refractivity contribution >= 4 is 17.2 Å². The molecule has 2 N–H and O–H groups in total. The van der Waals surface area contributed by atoms with E-state index in [1.807, 2.05) is 12.3 Å². The predicted octanol–water partition coefficient (Wildman–Crippen LogP) is 1.85. The summed E-state index contributed by atoms with van der Waals surface area (Å²) in [6.07, 6.45) is 4.08. The summed E-state index contributed by atoms with van der Waals surface area (Å²) in [4.78, 5) is 16.0. The molecule has 0 spiro atoms. The number of hydrogen-bond acceptors (Lipinski definition) is 4. The molecule has 1 aliphatic heterocycles. The van der Waals surface area contributed by atoms with Crippen molar-refractivity contribution < 1.29 is 4.79 Å². The molecule has 1 aliphatic rings. The van der Waals surface area contributed by atoms with Crippen LogP contribution in [0.4, 0.5) is 0 Å². The molecule has 4 nitrogen and oxygen atoms in total. The largest absolute Gasteiger partial charge is 0.350 e. The molecule has 1 aromatic rings. The number of carbonyl (C=O) groups is 1. The Kier molecular flexibility index (Phi) is 5.13. The van der Waals surface area contributed by atoms with E-state index >= 15 is 0 Å². The van der Waals surface area contributed by atoms with Crippen molar-refractivity contribution in [1.82, 2.24) is 15.6 Å². The van der Waals surface area contributed by atoms with E-state index < -0.39 is 0 Å². The topological polar surface area (TPSA) is 54.0 Å². The Morgan fingerprint density at radius 1 is 1.56 bits per heavy atom. The highest BCUT2D eigenvalue weighted by Crippen LogP contribution is 2.17. The molecule has 100 valence electrons. The molecule has 0 radical (unpaired) electrons. The summed E-state index contributed by atoms with van der Waals surface area (Å²) in [6.45, 7) is 4.75. The van der Waals surface area contributed by atoms with Gasteiger partial charge in [0.15, 0.2) is 0 Å². The Morgan fingerprint density at radius 3 is 3.00 bits per heavy atom. The molecule has 0 aromatic carbocycles. The van der Waals surface area contributed by atoms with E-state index in [1.54, 1.807) is 11.3 Å². The van der Waals surface area contributed by atoms with E-state index in [9.17, 15) is 4.79 Å². The summed E-state index contributed by atoms with van der Waals surface area (Å²) in [5.74, 6) is 0.875. The van der Waals surface area contributed by atoms with E-state index in [1.165, 1.54) is 12.8 Å². The Labute approximate surface area is 112 Å². The minimum absolute atomic E-state index is 0.154. The zero-order valence-electron chi connectivity index (χ0n) is 10.9. The fourth-order valence-electron chi connectivity index (χ4n) is 2.25. The van der Waals surface area contributed by atoms with Gasteiger partial charge in [-0.05, 0) is 45.2 Å². The van der Waals surface area contributed by atoms with E-state index in [4.69, 9.17) is 0 Å². The summed E-state index contributed by atoms with van der Waals surface area (Å²) in [5, 5.41) is 9.29. The van der Waals surface area contributed by atoms with Gasteiger partial charge in [-0.15, -0.1) is 11.3 Å². The first-order chi connectivity index (χ1) is 8.74. The smallest absolute Gasteiger partial charge is 0.220 e. The monoisotopic (exact) mass is 267 g/mol. The molecule has 5 heteroatoms. The van der Waals surface area contributed by atoms with Gasteiger partial charge in [-0.3, -0.25) is 4.79 Å². The van der Waals surface area contributed by atoms with Gasteiger partial charge >= 0.3 is 0 Å². The Balaban J connectivity index is 1.62. The maximum atomic E-state index is 11.7. The molecule has 0 saturated carbocycles. The van der Waals surface area contributed by atoms with Crippen molar-refractivity contribution in [3.8, 4) is 0 Å². The van der Waals surface area contributed by atoms with Crippen LogP contribution in [0.5, 0.6) is 0 Å². The molecular formula is C13H21N3OS. The van der Waals surface area contributed by atoms with Crippen LogP contribution in [-0.4, -0.2) is 24.0 Å². The van der Waals surface area contributed by atoms with E-state index in [2.05, 4.69) is 15.6 Å². The zero-order chi connectivity index (χ0) is 12.8. The first kappa shape index (κ1) is 13.5. The number of rotatable bonds is 5. The minimum atomic E-state index is 0.154. The summed E-state index contributed by atoms with van der Waals surface area (Å²) in [7, 11) is 0. The van der Waals surface area contributed by atoms with Crippen LogP contribution in [0.25, 0.3) is 0 Å². The number of hydrogen-bond donors (Lipinski definition) is 2. The molecule has 2 rings (SSSR count). The van der Waals surface area contributed by atoms with Gasteiger partial charge in [0, 0.05) is 17.5 Å². The van der Waals surface area contributed by atoms with Crippen molar-refractivity contribution in [3.05, 3.63) is 16.1 Å². The quantitative estimate of drug-likeness (QED) is 0.856. The summed E-state index contributed by atoms with van der Waals surface area (Å²) < 4.78 is 0. The molecule has 2 heterocycles. The predicted molar refractivity (Wildman–Crippen MR) is 73.5 cm³/mol. The fourth-order valence-corrected chi connectivity index (χ4v) is 2.96. The molecule has 1 amide bonds. The van der Waals surface area contributed by atoms with Crippen molar-refractivity contribution in [2.45, 2.75) is 39.2 Å². The van der Waals surface area contributed by atoms with Gasteiger partial charge in [-0.1, -0.05) is 0 Å². The number of aryl methyl sites for hydroxylation is 1. The lowest BCUT2D eigenvalue weighted by atomic mass is 9.93. The number of thiazole rings is 1. The first-order valence-electron chi connectivity index (χ1n) is 6.62. The molecule has 1 aromatic heterocycles. The van der Waals surface area contributed by atoms with Gasteiger partial charge in [0.2, 0.25) is 5.91 Å². The van der Waals surface area contributed by atoms with Crippen molar-refractivity contribution in [1.29, 1.82) is 0 Å². The second-order valence-electron chi connectivity index (χ2n) is 4.89. The molecular weight excluding hydrogens is 246 g/mol. The maximum absolute atomic E-state index is 11.7. The van der Waals surface area contributed by atoms with E-state index in [0.29, 0.717) is 13.0 Å². The summed E-state index contributed by atoms with van der Waals surface area (Å²) >= 11 is 1.60. The highest BCUT2D eigenvalue weighted by molar-refractivity contribution is 7.09. The van der Waals surface area contributed by atoms with Gasteiger partial charge in [-0.2, -0.15) is 0 Å². The lowest BCUT2D eigenvalue weighted by molar-refractivity contribution is -0.121. The maximum Gasteiger partial charge on any atom is 0.220 e. The van der Waals surface area contributed by atoms with Crippen LogP contribution in [-0.2, 0) is 11.3 Å². The third-order valence-corrected chi connectivity index (χ3v) is 4.31. The van der Waals surface area contributed by atoms with Crippen LogP contribution in [0.15, 0.2) is 5.38 Å². The highest BCUT2D eigenvalue weighted by atomic mass is 32.1. The minimum Gasteiger partial charge on any atom is -0.350 e. The van der Waals surface area contributed by atoms with Crippen LogP contribution < -0.4 is 10.6 Å². The van der Waals surface area contributed by atoms with Crippen molar-refractivity contribution in [2.24, 2.45) is 5.92 Å². The molecule has 0 unspecified atom stereocenters. The van der Waals surface area contributed by atoms with Crippen LogP contribution in [0.3, 0.4) is 0 Å². The van der Waals surface area contributed by atoms with Gasteiger partial charge in [0.1, 0.15) is 5.01 Å². The van der Waals surface area contributed by atoms with E-state index in [0.717, 1.165) is 36.1 Å². The number of aromatic nitrogens is 1. The second kappa shape index (κ2) is 6.85. The zero-order valence-corrected chi connectivity index (χ0v) is 11.7. The van der Waals surface area contributed by atoms with Gasteiger partial charge < -0.3 is 10.6 Å². The highest BCUT2D eigenvalue weighted by Gasteiger charge is 2.14. The molecule has 0 atom stereocenters. The lowest BCUT2D eigenvalue weighted by Gasteiger charge is -2.22. The number of nitrogens with one attached hydrogen (secondary N) is 2. The third kappa shape index (κ3) is 4.38. The first-order valence-corrected chi connectivity index (χ1v) is 7.50. The van der Waals surface area contributed by atoms with Crippen molar-refractivity contribution in [2.75, 3.05) is 13.1 Å².